The number of likely N-dealkylation sites (N-methyl/N-ethyl adjacent to an activating group) is 1. The molecule has 1 fully saturated rings. The van der Waals surface area contributed by atoms with Gasteiger partial charge < -0.3 is 14.8 Å². The largest absolute Gasteiger partial charge is 0.369 e. The summed E-state index contributed by atoms with van der Waals surface area (Å²) in [7, 11) is 2.07. The molecule has 31 heavy (non-hydrogen) atoms. The fraction of sp³-hybridized carbons (Fsp3) is 0.250. The van der Waals surface area contributed by atoms with Gasteiger partial charge in [-0.25, -0.2) is 4.39 Å². The lowest BCUT2D eigenvalue weighted by atomic mass is 9.94. The topological polar surface area (TPSA) is 68.4 Å². The van der Waals surface area contributed by atoms with Crippen LogP contribution in [0.25, 0.3) is 22.0 Å². The van der Waals surface area contributed by atoms with E-state index in [2.05, 4.69) is 27.1 Å². The van der Waals surface area contributed by atoms with Crippen molar-refractivity contribution < 1.29 is 14.0 Å². The summed E-state index contributed by atoms with van der Waals surface area (Å²) in [6.45, 7) is 5.43. The minimum Gasteiger partial charge on any atom is -0.369 e. The van der Waals surface area contributed by atoms with Gasteiger partial charge in [-0.1, -0.05) is 18.2 Å². The Morgan fingerprint density at radius 2 is 1.65 bits per heavy atom. The number of H-pyrrole nitrogens is 1. The van der Waals surface area contributed by atoms with Crippen molar-refractivity contribution in [3.8, 4) is 0 Å². The molecule has 1 saturated heterocycles. The fourth-order valence-corrected chi connectivity index (χ4v) is 4.45. The van der Waals surface area contributed by atoms with Crippen molar-refractivity contribution in [1.29, 1.82) is 0 Å². The summed E-state index contributed by atoms with van der Waals surface area (Å²) in [6.07, 6.45) is 1.72. The van der Waals surface area contributed by atoms with E-state index in [0.29, 0.717) is 5.56 Å². The number of amides is 2. The third-order valence-corrected chi connectivity index (χ3v) is 6.21. The van der Waals surface area contributed by atoms with Crippen LogP contribution in [0, 0.1) is 12.7 Å². The number of benzene rings is 2. The predicted molar refractivity (Wildman–Crippen MR) is 119 cm³/mol. The number of carbonyl (C=O) groups is 2. The lowest BCUT2D eigenvalue weighted by molar-refractivity contribution is -0.122. The average molecular weight is 418 g/mol. The number of halogens is 1. The van der Waals surface area contributed by atoms with Crippen molar-refractivity contribution in [2.75, 3.05) is 38.1 Å². The van der Waals surface area contributed by atoms with Crippen LogP contribution in [0.5, 0.6) is 0 Å². The standard InChI is InChI=1S/C24H23FN4O2/c1-14-4-3-5-16-18(13-26-22(14)16)21-20(23(30)27-24(21)31)17-12-15(6-7-19(17)25)29-10-8-28(2)9-11-29/h3-7,12-13,26H,8-11H2,1-2H3,(H,27,30,31). The molecule has 0 bridgehead atoms. The van der Waals surface area contributed by atoms with Gasteiger partial charge in [0.05, 0.1) is 11.1 Å². The summed E-state index contributed by atoms with van der Waals surface area (Å²) in [5.74, 6) is -1.60. The summed E-state index contributed by atoms with van der Waals surface area (Å²) < 4.78 is 15.0. The Labute approximate surface area is 179 Å². The minimum atomic E-state index is -0.573. The molecule has 2 aromatic carbocycles. The van der Waals surface area contributed by atoms with E-state index < -0.39 is 17.6 Å². The highest BCUT2D eigenvalue weighted by Crippen LogP contribution is 2.37. The number of imide groups is 1. The number of piperazine rings is 1. The zero-order valence-corrected chi connectivity index (χ0v) is 17.5. The second-order valence-electron chi connectivity index (χ2n) is 8.19. The van der Waals surface area contributed by atoms with Crippen molar-refractivity contribution >= 4 is 39.6 Å². The molecule has 2 N–H and O–H groups in total. The first-order valence-corrected chi connectivity index (χ1v) is 10.3. The SMILES string of the molecule is Cc1cccc2c(C3=C(c4cc(N5CCN(C)CC5)ccc4F)C(=O)NC3=O)c[nH]c12. The summed E-state index contributed by atoms with van der Waals surface area (Å²) in [5.41, 5.74) is 3.80. The Balaban J connectivity index is 1.67. The van der Waals surface area contributed by atoms with Crippen LogP contribution in [0.3, 0.4) is 0 Å². The van der Waals surface area contributed by atoms with Crippen LogP contribution in [0.2, 0.25) is 0 Å². The van der Waals surface area contributed by atoms with Gasteiger partial charge in [-0.2, -0.15) is 0 Å². The highest BCUT2D eigenvalue weighted by atomic mass is 19.1. The molecule has 7 heteroatoms. The second kappa shape index (κ2) is 7.35. The van der Waals surface area contributed by atoms with Gasteiger partial charge in [-0.15, -0.1) is 0 Å². The van der Waals surface area contributed by atoms with E-state index in [9.17, 15) is 14.0 Å². The Bertz CT molecular complexity index is 1250. The monoisotopic (exact) mass is 418 g/mol. The van der Waals surface area contributed by atoms with Gasteiger partial charge in [0, 0.05) is 60.1 Å². The van der Waals surface area contributed by atoms with E-state index in [1.165, 1.54) is 6.07 Å². The first-order chi connectivity index (χ1) is 14.9. The number of hydrogen-bond acceptors (Lipinski definition) is 4. The maximum absolute atomic E-state index is 15.0. The third kappa shape index (κ3) is 3.21. The smallest absolute Gasteiger partial charge is 0.259 e. The molecule has 158 valence electrons. The molecule has 2 amide bonds. The van der Waals surface area contributed by atoms with Gasteiger partial charge in [0.25, 0.3) is 11.8 Å². The van der Waals surface area contributed by atoms with Gasteiger partial charge in [-0.05, 0) is 37.7 Å². The lowest BCUT2D eigenvalue weighted by Gasteiger charge is -2.34. The maximum Gasteiger partial charge on any atom is 0.259 e. The molecule has 3 heterocycles. The number of nitrogens with zero attached hydrogens (tertiary/aromatic N) is 2. The quantitative estimate of drug-likeness (QED) is 0.642. The van der Waals surface area contributed by atoms with E-state index in [1.807, 2.05) is 25.1 Å². The highest BCUT2D eigenvalue weighted by Gasteiger charge is 2.35. The van der Waals surface area contributed by atoms with Gasteiger partial charge in [0.1, 0.15) is 5.82 Å². The Morgan fingerprint density at radius 3 is 2.39 bits per heavy atom. The average Bonchev–Trinajstić information content (AvgIpc) is 3.30. The van der Waals surface area contributed by atoms with Gasteiger partial charge in [0.15, 0.2) is 0 Å². The van der Waals surface area contributed by atoms with E-state index in [4.69, 9.17) is 0 Å². The first kappa shape index (κ1) is 19.5. The van der Waals surface area contributed by atoms with Crippen molar-refractivity contribution in [2.45, 2.75) is 6.92 Å². The van der Waals surface area contributed by atoms with Crippen LogP contribution >= 0.6 is 0 Å². The zero-order chi connectivity index (χ0) is 21.7. The van der Waals surface area contributed by atoms with Crippen LogP contribution in [0.1, 0.15) is 16.7 Å². The van der Waals surface area contributed by atoms with Crippen molar-refractivity contribution in [1.82, 2.24) is 15.2 Å². The molecule has 0 radical (unpaired) electrons. The molecule has 0 aliphatic carbocycles. The third-order valence-electron chi connectivity index (χ3n) is 6.21. The maximum atomic E-state index is 15.0. The second-order valence-corrected chi connectivity index (χ2v) is 8.19. The molecule has 2 aliphatic heterocycles. The molecular formula is C24H23FN4O2. The molecular weight excluding hydrogens is 395 g/mol. The number of aromatic amines is 1. The normalized spacial score (nSPS) is 17.7. The molecule has 3 aromatic rings. The number of rotatable bonds is 3. The van der Waals surface area contributed by atoms with E-state index in [-0.39, 0.29) is 16.7 Å². The molecule has 0 atom stereocenters. The molecule has 6 nitrogen and oxygen atoms in total. The molecule has 0 spiro atoms. The van der Waals surface area contributed by atoms with E-state index >= 15 is 0 Å². The molecule has 2 aliphatic rings. The Kier molecular flexibility index (Phi) is 4.63. The van der Waals surface area contributed by atoms with Crippen LogP contribution in [0.4, 0.5) is 10.1 Å². The predicted octanol–water partition coefficient (Wildman–Crippen LogP) is 2.93. The summed E-state index contributed by atoms with van der Waals surface area (Å²) in [6, 6.07) is 10.6. The number of aryl methyl sites for hydroxylation is 1. The number of hydrogen-bond donors (Lipinski definition) is 2. The van der Waals surface area contributed by atoms with Crippen molar-refractivity contribution in [2.24, 2.45) is 0 Å². The highest BCUT2D eigenvalue weighted by molar-refractivity contribution is 6.50. The lowest BCUT2D eigenvalue weighted by Crippen LogP contribution is -2.44. The first-order valence-electron chi connectivity index (χ1n) is 10.3. The van der Waals surface area contributed by atoms with Gasteiger partial charge in [0.2, 0.25) is 0 Å². The molecule has 0 saturated carbocycles. The molecule has 5 rings (SSSR count). The van der Waals surface area contributed by atoms with Crippen molar-refractivity contribution in [3.63, 3.8) is 0 Å². The fourth-order valence-electron chi connectivity index (χ4n) is 4.45. The van der Waals surface area contributed by atoms with Crippen molar-refractivity contribution in [3.05, 3.63) is 65.1 Å². The Hall–Kier alpha value is -3.45. The van der Waals surface area contributed by atoms with Gasteiger partial charge >= 0.3 is 0 Å². The summed E-state index contributed by atoms with van der Waals surface area (Å²) in [4.78, 5) is 33.2. The summed E-state index contributed by atoms with van der Waals surface area (Å²) >= 11 is 0. The van der Waals surface area contributed by atoms with Gasteiger partial charge in [-0.3, -0.25) is 14.9 Å². The number of fused-ring (bicyclic) bond motifs is 1. The Morgan fingerprint density at radius 1 is 0.935 bits per heavy atom. The number of nitrogens with one attached hydrogen (secondary N) is 2. The minimum absolute atomic E-state index is 0.0842. The number of carbonyl (C=O) groups excluding carboxylic acids is 2. The number of anilines is 1. The number of para-hydroxylation sites is 1. The van der Waals surface area contributed by atoms with Crippen LogP contribution in [-0.4, -0.2) is 54.9 Å². The molecule has 0 unspecified atom stereocenters. The number of aromatic nitrogens is 1. The van der Waals surface area contributed by atoms with E-state index in [0.717, 1.165) is 48.3 Å². The van der Waals surface area contributed by atoms with Crippen LogP contribution < -0.4 is 10.2 Å². The van der Waals surface area contributed by atoms with Crippen LogP contribution in [-0.2, 0) is 9.59 Å². The van der Waals surface area contributed by atoms with Crippen LogP contribution in [0.15, 0.2) is 42.6 Å². The van der Waals surface area contributed by atoms with E-state index in [1.54, 1.807) is 18.3 Å². The zero-order valence-electron chi connectivity index (χ0n) is 17.5. The summed E-state index contributed by atoms with van der Waals surface area (Å²) in [5, 5.41) is 3.19. The molecule has 1 aromatic heterocycles.